The summed E-state index contributed by atoms with van der Waals surface area (Å²) in [6.45, 7) is 3.40. The molecule has 0 bridgehead atoms. The molecule has 12 heteroatoms. The normalized spacial score (nSPS) is 14.9. The molecule has 0 unspecified atom stereocenters. The Bertz CT molecular complexity index is 1370. The number of fused-ring (bicyclic) bond motifs is 1. The fourth-order valence-electron chi connectivity index (χ4n) is 3.68. The molecular formula is C23H24N6O4S2. The number of thioether (sulfide) groups is 1. The van der Waals surface area contributed by atoms with Crippen molar-refractivity contribution in [2.75, 3.05) is 18.4 Å². The van der Waals surface area contributed by atoms with E-state index in [9.17, 15) is 14.4 Å². The second-order valence-electron chi connectivity index (χ2n) is 7.98. The zero-order valence-electron chi connectivity index (χ0n) is 19.0. The first kappa shape index (κ1) is 24.6. The lowest BCUT2D eigenvalue weighted by atomic mass is 10.2. The summed E-state index contributed by atoms with van der Waals surface area (Å²) in [6, 6.07) is 3.65. The first-order valence-corrected chi connectivity index (χ1v) is 12.3. The van der Waals surface area contributed by atoms with Gasteiger partial charge in [0, 0.05) is 44.6 Å². The van der Waals surface area contributed by atoms with Crippen molar-refractivity contribution < 1.29 is 14.7 Å². The fourth-order valence-corrected chi connectivity index (χ4v) is 4.97. The molecule has 4 rings (SSSR count). The third kappa shape index (κ3) is 5.60. The standard InChI is InChI=1S/C23H24N6O4S2/c1-15-5-2-10-28-20(15)26-19(25-7-4-9-27-12-8-24-14-27)16(21(28)32)13-17-22(33)29(23(34)35-17)11-3-6-18(30)31/h2,5,8,10,12-14,25H,3-4,6-7,9,11H2,1H3,(H,30,31)/b17-13-. The predicted octanol–water partition coefficient (Wildman–Crippen LogP) is 2.77. The van der Waals surface area contributed by atoms with Crippen LogP contribution >= 0.6 is 24.0 Å². The van der Waals surface area contributed by atoms with Crippen LogP contribution in [0.15, 0.2) is 46.8 Å². The molecule has 0 radical (unpaired) electrons. The number of hydrogen-bond acceptors (Lipinski definition) is 8. The van der Waals surface area contributed by atoms with Gasteiger partial charge in [0.05, 0.1) is 16.8 Å². The van der Waals surface area contributed by atoms with Gasteiger partial charge in [-0.3, -0.25) is 23.7 Å². The number of aryl methyl sites for hydroxylation is 2. The molecule has 0 spiro atoms. The maximum absolute atomic E-state index is 13.4. The summed E-state index contributed by atoms with van der Waals surface area (Å²) in [5, 5.41) is 12.1. The zero-order chi connectivity index (χ0) is 24.9. The lowest BCUT2D eigenvalue weighted by Crippen LogP contribution is -2.29. The van der Waals surface area contributed by atoms with E-state index in [1.807, 2.05) is 23.8 Å². The maximum atomic E-state index is 13.4. The second kappa shape index (κ2) is 10.8. The van der Waals surface area contributed by atoms with Crippen molar-refractivity contribution in [3.05, 3.63) is 63.4 Å². The fraction of sp³-hybridized carbons (Fsp3) is 0.304. The molecule has 2 N–H and O–H groups in total. The predicted molar refractivity (Wildman–Crippen MR) is 138 cm³/mol. The average Bonchev–Trinajstić information content (AvgIpc) is 3.43. The van der Waals surface area contributed by atoms with Gasteiger partial charge in [-0.05, 0) is 37.5 Å². The van der Waals surface area contributed by atoms with E-state index >= 15 is 0 Å². The van der Waals surface area contributed by atoms with Crippen LogP contribution in [-0.4, -0.2) is 58.2 Å². The SMILES string of the molecule is Cc1cccn2c(=O)c(/C=C3\SC(=S)N(CCCC(=O)O)C3=O)c(NCCCn3ccnc3)nc12. The Morgan fingerprint density at radius 1 is 1.26 bits per heavy atom. The molecule has 1 fully saturated rings. The Balaban J connectivity index is 1.62. The van der Waals surface area contributed by atoms with Gasteiger partial charge in [0.2, 0.25) is 0 Å². The van der Waals surface area contributed by atoms with Gasteiger partial charge in [0.15, 0.2) is 0 Å². The molecule has 35 heavy (non-hydrogen) atoms. The quantitative estimate of drug-likeness (QED) is 0.240. The number of carboxylic acids is 1. The van der Waals surface area contributed by atoms with E-state index in [1.165, 1.54) is 15.4 Å². The molecule has 4 heterocycles. The topological polar surface area (TPSA) is 122 Å². The number of nitrogens with one attached hydrogen (secondary N) is 1. The van der Waals surface area contributed by atoms with Gasteiger partial charge in [-0.2, -0.15) is 0 Å². The minimum Gasteiger partial charge on any atom is -0.481 e. The number of hydrogen-bond donors (Lipinski definition) is 2. The van der Waals surface area contributed by atoms with Crippen molar-refractivity contribution in [2.45, 2.75) is 32.7 Å². The summed E-state index contributed by atoms with van der Waals surface area (Å²) in [5.41, 5.74) is 1.35. The van der Waals surface area contributed by atoms with Gasteiger partial charge in [-0.25, -0.2) is 9.97 Å². The number of pyridine rings is 1. The summed E-state index contributed by atoms with van der Waals surface area (Å²) in [6.07, 6.45) is 9.53. The largest absolute Gasteiger partial charge is 0.481 e. The number of carboxylic acid groups (broad SMARTS) is 1. The summed E-state index contributed by atoms with van der Waals surface area (Å²) in [7, 11) is 0. The first-order valence-electron chi connectivity index (χ1n) is 11.0. The monoisotopic (exact) mass is 512 g/mol. The maximum Gasteiger partial charge on any atom is 0.303 e. The average molecular weight is 513 g/mol. The Morgan fingerprint density at radius 2 is 2.09 bits per heavy atom. The highest BCUT2D eigenvalue weighted by Gasteiger charge is 2.32. The molecule has 1 aliphatic rings. The molecule has 1 aliphatic heterocycles. The Labute approximate surface area is 210 Å². The Morgan fingerprint density at radius 3 is 2.83 bits per heavy atom. The van der Waals surface area contributed by atoms with Crippen LogP contribution in [0.3, 0.4) is 0 Å². The van der Waals surface area contributed by atoms with Crippen LogP contribution in [-0.2, 0) is 16.1 Å². The van der Waals surface area contributed by atoms with Gasteiger partial charge in [-0.15, -0.1) is 0 Å². The van der Waals surface area contributed by atoms with Gasteiger partial charge in [-0.1, -0.05) is 30.0 Å². The van der Waals surface area contributed by atoms with Crippen LogP contribution in [0.5, 0.6) is 0 Å². The summed E-state index contributed by atoms with van der Waals surface area (Å²) in [5.74, 6) is -0.878. The van der Waals surface area contributed by atoms with Gasteiger partial charge in [0.1, 0.15) is 15.8 Å². The van der Waals surface area contributed by atoms with Crippen molar-refractivity contribution in [2.24, 2.45) is 0 Å². The van der Waals surface area contributed by atoms with Crippen LogP contribution in [0.2, 0.25) is 0 Å². The van der Waals surface area contributed by atoms with Crippen molar-refractivity contribution in [3.8, 4) is 0 Å². The third-order valence-corrected chi connectivity index (χ3v) is 6.83. The summed E-state index contributed by atoms with van der Waals surface area (Å²) in [4.78, 5) is 47.6. The number of carbonyl (C=O) groups excluding carboxylic acids is 1. The van der Waals surface area contributed by atoms with E-state index in [0.717, 1.165) is 30.3 Å². The molecule has 0 aromatic carbocycles. The van der Waals surface area contributed by atoms with Crippen LogP contribution in [0.25, 0.3) is 11.7 Å². The lowest BCUT2D eigenvalue weighted by Gasteiger charge is -2.13. The number of anilines is 1. The van der Waals surface area contributed by atoms with Gasteiger partial charge in [0.25, 0.3) is 11.5 Å². The summed E-state index contributed by atoms with van der Waals surface area (Å²) >= 11 is 6.43. The number of nitrogens with zero attached hydrogens (tertiary/aromatic N) is 5. The third-order valence-electron chi connectivity index (χ3n) is 5.45. The number of aromatic nitrogens is 4. The van der Waals surface area contributed by atoms with Gasteiger partial charge >= 0.3 is 5.97 Å². The van der Waals surface area contributed by atoms with E-state index in [1.54, 1.807) is 24.8 Å². The highest BCUT2D eigenvalue weighted by molar-refractivity contribution is 8.26. The summed E-state index contributed by atoms with van der Waals surface area (Å²) < 4.78 is 3.77. The first-order chi connectivity index (χ1) is 16.8. The number of thiocarbonyl (C=S) groups is 1. The minimum absolute atomic E-state index is 0.0570. The van der Waals surface area contributed by atoms with E-state index in [-0.39, 0.29) is 36.4 Å². The van der Waals surface area contributed by atoms with E-state index in [2.05, 4.69) is 10.3 Å². The van der Waals surface area contributed by atoms with Crippen molar-refractivity contribution in [3.63, 3.8) is 0 Å². The molecule has 0 saturated carbocycles. The van der Waals surface area contributed by atoms with Crippen molar-refractivity contribution >= 4 is 57.7 Å². The highest BCUT2D eigenvalue weighted by Crippen LogP contribution is 2.33. The number of rotatable bonds is 10. The number of aliphatic carboxylic acids is 1. The number of carbonyl (C=O) groups is 2. The van der Waals surface area contributed by atoms with E-state index in [0.29, 0.717) is 27.2 Å². The molecule has 1 amide bonds. The molecule has 182 valence electrons. The second-order valence-corrected chi connectivity index (χ2v) is 9.65. The van der Waals surface area contributed by atoms with Crippen LogP contribution in [0, 0.1) is 6.92 Å². The van der Waals surface area contributed by atoms with Crippen LogP contribution < -0.4 is 10.9 Å². The molecule has 10 nitrogen and oxygen atoms in total. The lowest BCUT2D eigenvalue weighted by molar-refractivity contribution is -0.137. The van der Waals surface area contributed by atoms with E-state index < -0.39 is 5.97 Å². The Kier molecular flexibility index (Phi) is 7.61. The van der Waals surface area contributed by atoms with Crippen molar-refractivity contribution in [1.82, 2.24) is 23.8 Å². The Hall–Kier alpha value is -3.51. The van der Waals surface area contributed by atoms with Crippen LogP contribution in [0.4, 0.5) is 5.82 Å². The van der Waals surface area contributed by atoms with E-state index in [4.69, 9.17) is 22.3 Å². The molecule has 1 saturated heterocycles. The molecule has 3 aromatic rings. The number of imidazole rings is 1. The highest BCUT2D eigenvalue weighted by atomic mass is 32.2. The van der Waals surface area contributed by atoms with Crippen molar-refractivity contribution in [1.29, 1.82) is 0 Å². The molecule has 0 atom stereocenters. The molecule has 3 aromatic heterocycles. The number of amides is 1. The van der Waals surface area contributed by atoms with Crippen LogP contribution in [0.1, 0.15) is 30.4 Å². The van der Waals surface area contributed by atoms with Gasteiger partial charge < -0.3 is 15.0 Å². The zero-order valence-corrected chi connectivity index (χ0v) is 20.6. The minimum atomic E-state index is -0.930. The molecular weight excluding hydrogens is 488 g/mol. The smallest absolute Gasteiger partial charge is 0.303 e. The molecule has 0 aliphatic carbocycles.